The number of nitrogens with zero attached hydrogens (tertiary/aromatic N) is 3. The summed E-state index contributed by atoms with van der Waals surface area (Å²) in [5, 5.41) is 8.10. The van der Waals surface area contributed by atoms with Crippen molar-refractivity contribution in [3.8, 4) is 22.8 Å². The van der Waals surface area contributed by atoms with Crippen LogP contribution < -0.4 is 0 Å². The standard InChI is InChI=1S/C16H12Cl3N3O2/c1-8-3-4-9(2)10(5-8)13-7-12(21-23-13)16-20-14(24-22-16)6-11(17)15(18)19/h3-5,7H,6H2,1-2H3. The van der Waals surface area contributed by atoms with Gasteiger partial charge in [-0.1, -0.05) is 62.8 Å². The smallest absolute Gasteiger partial charge is 0.232 e. The number of aromatic nitrogens is 3. The fourth-order valence-electron chi connectivity index (χ4n) is 2.14. The van der Waals surface area contributed by atoms with Crippen LogP contribution in [0.1, 0.15) is 17.0 Å². The summed E-state index contributed by atoms with van der Waals surface area (Å²) in [5.41, 5.74) is 3.66. The van der Waals surface area contributed by atoms with Crippen LogP contribution in [0.4, 0.5) is 0 Å². The molecule has 0 spiro atoms. The maximum absolute atomic E-state index is 5.88. The van der Waals surface area contributed by atoms with Gasteiger partial charge in [0, 0.05) is 11.6 Å². The molecule has 3 aromatic rings. The Balaban J connectivity index is 1.88. The highest BCUT2D eigenvalue weighted by Gasteiger charge is 2.16. The van der Waals surface area contributed by atoms with Gasteiger partial charge in [0.15, 0.2) is 11.5 Å². The molecule has 2 aromatic heterocycles. The first-order valence-corrected chi connectivity index (χ1v) is 8.14. The molecular weight excluding hydrogens is 373 g/mol. The van der Waals surface area contributed by atoms with Gasteiger partial charge in [-0.05, 0) is 25.5 Å². The van der Waals surface area contributed by atoms with E-state index in [1.807, 2.05) is 32.0 Å². The second-order valence-corrected chi connectivity index (χ2v) is 6.65. The summed E-state index contributed by atoms with van der Waals surface area (Å²) >= 11 is 17.1. The Kier molecular flexibility index (Phi) is 4.94. The zero-order valence-corrected chi connectivity index (χ0v) is 15.1. The minimum atomic E-state index is -0.0324. The summed E-state index contributed by atoms with van der Waals surface area (Å²) in [6, 6.07) is 7.88. The van der Waals surface area contributed by atoms with Crippen molar-refractivity contribution < 1.29 is 9.05 Å². The van der Waals surface area contributed by atoms with Crippen LogP contribution in [-0.2, 0) is 6.42 Å². The molecule has 0 saturated carbocycles. The molecule has 5 nitrogen and oxygen atoms in total. The largest absolute Gasteiger partial charge is 0.356 e. The van der Waals surface area contributed by atoms with Gasteiger partial charge in [-0.25, -0.2) is 0 Å². The highest BCUT2D eigenvalue weighted by Crippen LogP contribution is 2.28. The molecule has 0 fully saturated rings. The lowest BCUT2D eigenvalue weighted by Crippen LogP contribution is -1.86. The Bertz CT molecular complexity index is 911. The highest BCUT2D eigenvalue weighted by atomic mass is 35.5. The first kappa shape index (κ1) is 17.0. The molecule has 0 N–H and O–H groups in total. The zero-order valence-electron chi connectivity index (χ0n) is 12.8. The molecule has 24 heavy (non-hydrogen) atoms. The van der Waals surface area contributed by atoms with Crippen molar-refractivity contribution in [3.05, 3.63) is 50.8 Å². The van der Waals surface area contributed by atoms with E-state index in [2.05, 4.69) is 15.3 Å². The van der Waals surface area contributed by atoms with Gasteiger partial charge in [-0.2, -0.15) is 4.98 Å². The molecule has 2 heterocycles. The quantitative estimate of drug-likeness (QED) is 0.599. The van der Waals surface area contributed by atoms with Crippen LogP contribution in [0.5, 0.6) is 0 Å². The van der Waals surface area contributed by atoms with E-state index in [1.165, 1.54) is 0 Å². The van der Waals surface area contributed by atoms with Crippen LogP contribution in [0.2, 0.25) is 0 Å². The van der Waals surface area contributed by atoms with Crippen LogP contribution >= 0.6 is 34.8 Å². The molecule has 0 aliphatic carbocycles. The average molecular weight is 385 g/mol. The van der Waals surface area contributed by atoms with Crippen molar-refractivity contribution in [2.45, 2.75) is 20.3 Å². The molecule has 3 rings (SSSR count). The van der Waals surface area contributed by atoms with Crippen molar-refractivity contribution in [1.82, 2.24) is 15.3 Å². The molecule has 8 heteroatoms. The van der Waals surface area contributed by atoms with E-state index in [0.29, 0.717) is 17.3 Å². The molecule has 0 aliphatic heterocycles. The van der Waals surface area contributed by atoms with E-state index in [1.54, 1.807) is 6.07 Å². The van der Waals surface area contributed by atoms with Crippen LogP contribution in [0, 0.1) is 13.8 Å². The predicted molar refractivity (Wildman–Crippen MR) is 93.0 cm³/mol. The Morgan fingerprint density at radius 1 is 1.04 bits per heavy atom. The molecule has 0 unspecified atom stereocenters. The second-order valence-electron chi connectivity index (χ2n) is 5.25. The van der Waals surface area contributed by atoms with E-state index in [9.17, 15) is 0 Å². The maximum Gasteiger partial charge on any atom is 0.232 e. The average Bonchev–Trinajstić information content (AvgIpc) is 3.18. The normalized spacial score (nSPS) is 10.9. The lowest BCUT2D eigenvalue weighted by atomic mass is 10.0. The van der Waals surface area contributed by atoms with Crippen molar-refractivity contribution in [2.24, 2.45) is 0 Å². The number of benzene rings is 1. The summed E-state index contributed by atoms with van der Waals surface area (Å²) in [4.78, 5) is 4.21. The van der Waals surface area contributed by atoms with E-state index in [-0.39, 0.29) is 21.8 Å². The van der Waals surface area contributed by atoms with E-state index < -0.39 is 0 Å². The molecule has 0 atom stereocenters. The van der Waals surface area contributed by atoms with Crippen LogP contribution in [0.15, 0.2) is 42.8 Å². The van der Waals surface area contributed by atoms with Gasteiger partial charge in [0.05, 0.1) is 11.5 Å². The van der Waals surface area contributed by atoms with Crippen LogP contribution in [0.25, 0.3) is 22.8 Å². The number of allylic oxidation sites excluding steroid dienone is 1. The van der Waals surface area contributed by atoms with Crippen molar-refractivity contribution in [1.29, 1.82) is 0 Å². The molecule has 0 amide bonds. The molecule has 1 aromatic carbocycles. The second kappa shape index (κ2) is 6.97. The molecule has 0 bridgehead atoms. The van der Waals surface area contributed by atoms with Gasteiger partial charge in [0.2, 0.25) is 11.7 Å². The number of hydrogen-bond donors (Lipinski definition) is 0. The van der Waals surface area contributed by atoms with E-state index in [0.717, 1.165) is 16.7 Å². The number of hydrogen-bond acceptors (Lipinski definition) is 5. The zero-order chi connectivity index (χ0) is 17.3. The van der Waals surface area contributed by atoms with Gasteiger partial charge in [0.1, 0.15) is 4.49 Å². The minimum Gasteiger partial charge on any atom is -0.356 e. The van der Waals surface area contributed by atoms with Gasteiger partial charge in [-0.3, -0.25) is 0 Å². The van der Waals surface area contributed by atoms with Gasteiger partial charge in [0.25, 0.3) is 0 Å². The molecular formula is C16H12Cl3N3O2. The Morgan fingerprint density at radius 2 is 1.83 bits per heavy atom. The summed E-state index contributed by atoms with van der Waals surface area (Å²) < 4.78 is 10.5. The monoisotopic (exact) mass is 383 g/mol. The lowest BCUT2D eigenvalue weighted by Gasteiger charge is -2.02. The van der Waals surface area contributed by atoms with Crippen molar-refractivity contribution in [3.63, 3.8) is 0 Å². The van der Waals surface area contributed by atoms with Gasteiger partial charge >= 0.3 is 0 Å². The third-order valence-corrected chi connectivity index (χ3v) is 4.35. The third-order valence-electron chi connectivity index (χ3n) is 3.38. The molecule has 0 saturated heterocycles. The Hall–Kier alpha value is -1.82. The van der Waals surface area contributed by atoms with E-state index in [4.69, 9.17) is 43.8 Å². The summed E-state index contributed by atoms with van der Waals surface area (Å²) in [5.74, 6) is 1.23. The first-order chi connectivity index (χ1) is 11.4. The topological polar surface area (TPSA) is 65.0 Å². The predicted octanol–water partition coefficient (Wildman–Crippen LogP) is 5.44. The maximum atomic E-state index is 5.88. The summed E-state index contributed by atoms with van der Waals surface area (Å²) in [6.07, 6.45) is 0.151. The number of rotatable bonds is 4. The number of halogens is 3. The molecule has 124 valence electrons. The fraction of sp³-hybridized carbons (Fsp3) is 0.188. The Morgan fingerprint density at radius 3 is 2.58 bits per heavy atom. The summed E-state index contributed by atoms with van der Waals surface area (Å²) in [6.45, 7) is 4.03. The van der Waals surface area contributed by atoms with Crippen LogP contribution in [0.3, 0.4) is 0 Å². The number of aryl methyl sites for hydroxylation is 2. The highest BCUT2D eigenvalue weighted by molar-refractivity contribution is 6.59. The van der Waals surface area contributed by atoms with Gasteiger partial charge in [-0.15, -0.1) is 0 Å². The fourth-order valence-corrected chi connectivity index (χ4v) is 2.39. The lowest BCUT2D eigenvalue weighted by molar-refractivity contribution is 0.385. The van der Waals surface area contributed by atoms with Gasteiger partial charge < -0.3 is 9.05 Å². The SMILES string of the molecule is Cc1ccc(C)c(-c2cc(-c3noc(CC(Cl)=C(Cl)Cl)n3)no2)c1. The minimum absolute atomic E-state index is 0.0324. The van der Waals surface area contributed by atoms with Crippen LogP contribution in [-0.4, -0.2) is 15.3 Å². The Labute approximate surface area is 153 Å². The third kappa shape index (κ3) is 3.64. The first-order valence-electron chi connectivity index (χ1n) is 7.01. The summed E-state index contributed by atoms with van der Waals surface area (Å²) in [7, 11) is 0. The van der Waals surface area contributed by atoms with Crippen molar-refractivity contribution in [2.75, 3.05) is 0 Å². The van der Waals surface area contributed by atoms with Crippen molar-refractivity contribution >= 4 is 34.8 Å². The van der Waals surface area contributed by atoms with E-state index >= 15 is 0 Å². The molecule has 0 aliphatic rings. The molecule has 0 radical (unpaired) electrons.